The molecule has 1 aromatic heterocycles. The van der Waals surface area contributed by atoms with Crippen molar-refractivity contribution >= 4 is 16.1 Å². The molecule has 0 aliphatic carbocycles. The fraction of sp³-hybridized carbons (Fsp3) is 0.667. The molecule has 1 fully saturated rings. The fourth-order valence-corrected chi connectivity index (χ4v) is 3.79. The van der Waals surface area contributed by atoms with Gasteiger partial charge in [0.2, 0.25) is 5.91 Å². The summed E-state index contributed by atoms with van der Waals surface area (Å²) in [5, 5.41) is 2.93. The lowest BCUT2D eigenvalue weighted by molar-refractivity contribution is -0.126. The first-order valence-electron chi connectivity index (χ1n) is 7.89. The minimum absolute atomic E-state index is 0.0198. The van der Waals surface area contributed by atoms with E-state index in [0.29, 0.717) is 32.5 Å². The standard InChI is InChI=1S/C15H25N3O4S/c1-17(2)23(20,21)18-10-7-13(8-11-18)15(19)16-9-3-5-14-6-4-12-22-14/h4,6,12-13H,3,5,7-11H2,1-2H3,(H,16,19). The zero-order chi connectivity index (χ0) is 16.9. The van der Waals surface area contributed by atoms with E-state index >= 15 is 0 Å². The van der Waals surface area contributed by atoms with Crippen LogP contribution in [0, 0.1) is 5.92 Å². The van der Waals surface area contributed by atoms with E-state index in [2.05, 4.69) is 5.32 Å². The number of nitrogens with one attached hydrogen (secondary N) is 1. The lowest BCUT2D eigenvalue weighted by Crippen LogP contribution is -2.46. The zero-order valence-electron chi connectivity index (χ0n) is 13.7. The second-order valence-corrected chi connectivity index (χ2v) is 8.08. The minimum atomic E-state index is -3.37. The van der Waals surface area contributed by atoms with E-state index in [4.69, 9.17) is 4.42 Å². The van der Waals surface area contributed by atoms with E-state index in [1.165, 1.54) is 22.7 Å². The molecule has 0 bridgehead atoms. The van der Waals surface area contributed by atoms with Crippen LogP contribution < -0.4 is 5.32 Å². The van der Waals surface area contributed by atoms with Crippen LogP contribution in [-0.2, 0) is 21.4 Å². The first-order chi connectivity index (χ1) is 10.9. The van der Waals surface area contributed by atoms with Crippen LogP contribution in [0.25, 0.3) is 0 Å². The Balaban J connectivity index is 1.69. The van der Waals surface area contributed by atoms with Gasteiger partial charge < -0.3 is 9.73 Å². The molecule has 1 aliphatic rings. The third-order valence-electron chi connectivity index (χ3n) is 4.09. The van der Waals surface area contributed by atoms with Crippen LogP contribution in [-0.4, -0.2) is 56.7 Å². The van der Waals surface area contributed by atoms with Crippen LogP contribution in [0.5, 0.6) is 0 Å². The first-order valence-corrected chi connectivity index (χ1v) is 9.28. The maximum atomic E-state index is 12.1. The molecule has 0 radical (unpaired) electrons. The molecular formula is C15H25N3O4S. The summed E-state index contributed by atoms with van der Waals surface area (Å²) in [5.74, 6) is 0.833. The summed E-state index contributed by atoms with van der Waals surface area (Å²) in [4.78, 5) is 12.1. The Labute approximate surface area is 137 Å². The van der Waals surface area contributed by atoms with Crippen LogP contribution in [0.4, 0.5) is 0 Å². The Morgan fingerprint density at radius 3 is 2.65 bits per heavy atom. The summed E-state index contributed by atoms with van der Waals surface area (Å²) in [6.45, 7) is 1.39. The monoisotopic (exact) mass is 343 g/mol. The molecule has 2 rings (SSSR count). The fourth-order valence-electron chi connectivity index (χ4n) is 2.65. The van der Waals surface area contributed by atoms with Gasteiger partial charge in [0, 0.05) is 46.1 Å². The molecule has 0 unspecified atom stereocenters. The van der Waals surface area contributed by atoms with Crippen molar-refractivity contribution in [3.63, 3.8) is 0 Å². The lowest BCUT2D eigenvalue weighted by atomic mass is 9.97. The molecule has 0 saturated carbocycles. The van der Waals surface area contributed by atoms with Crippen molar-refractivity contribution in [3.05, 3.63) is 24.2 Å². The molecule has 1 aliphatic heterocycles. The highest BCUT2D eigenvalue weighted by Gasteiger charge is 2.31. The Bertz CT molecular complexity index is 590. The van der Waals surface area contributed by atoms with E-state index in [1.54, 1.807) is 6.26 Å². The number of aryl methyl sites for hydroxylation is 1. The third-order valence-corrected chi connectivity index (χ3v) is 6.03. The summed E-state index contributed by atoms with van der Waals surface area (Å²) >= 11 is 0. The van der Waals surface area contributed by atoms with Gasteiger partial charge in [-0.15, -0.1) is 0 Å². The minimum Gasteiger partial charge on any atom is -0.469 e. The Kier molecular flexibility index (Phi) is 6.20. The SMILES string of the molecule is CN(C)S(=O)(=O)N1CCC(C(=O)NCCCc2ccco2)CC1. The number of hydrogen-bond donors (Lipinski definition) is 1. The van der Waals surface area contributed by atoms with Crippen LogP contribution >= 0.6 is 0 Å². The number of amides is 1. The highest BCUT2D eigenvalue weighted by atomic mass is 32.2. The third kappa shape index (κ3) is 4.79. The summed E-state index contributed by atoms with van der Waals surface area (Å²) in [7, 11) is -0.329. The van der Waals surface area contributed by atoms with E-state index in [0.717, 1.165) is 18.6 Å². The van der Waals surface area contributed by atoms with Crippen molar-refractivity contribution in [1.82, 2.24) is 13.9 Å². The van der Waals surface area contributed by atoms with Crippen molar-refractivity contribution in [1.29, 1.82) is 0 Å². The van der Waals surface area contributed by atoms with Crippen molar-refractivity contribution in [2.24, 2.45) is 5.92 Å². The van der Waals surface area contributed by atoms with E-state index < -0.39 is 10.2 Å². The van der Waals surface area contributed by atoms with E-state index in [9.17, 15) is 13.2 Å². The topological polar surface area (TPSA) is 82.9 Å². The predicted molar refractivity (Wildman–Crippen MR) is 86.9 cm³/mol. The molecule has 23 heavy (non-hydrogen) atoms. The highest BCUT2D eigenvalue weighted by molar-refractivity contribution is 7.86. The van der Waals surface area contributed by atoms with Gasteiger partial charge in [-0.1, -0.05) is 0 Å². The van der Waals surface area contributed by atoms with Gasteiger partial charge in [-0.05, 0) is 31.4 Å². The summed E-state index contributed by atoms with van der Waals surface area (Å²) in [6.07, 6.45) is 4.40. The van der Waals surface area contributed by atoms with Crippen molar-refractivity contribution in [3.8, 4) is 0 Å². The molecule has 1 saturated heterocycles. The van der Waals surface area contributed by atoms with E-state index in [1.807, 2.05) is 12.1 Å². The second kappa shape index (κ2) is 7.94. The number of carbonyl (C=O) groups excluding carboxylic acids is 1. The van der Waals surface area contributed by atoms with Crippen LogP contribution in [0.1, 0.15) is 25.0 Å². The maximum Gasteiger partial charge on any atom is 0.281 e. The van der Waals surface area contributed by atoms with Gasteiger partial charge in [0.1, 0.15) is 5.76 Å². The Morgan fingerprint density at radius 1 is 1.39 bits per heavy atom. The molecule has 0 atom stereocenters. The molecule has 2 heterocycles. The van der Waals surface area contributed by atoms with Crippen LogP contribution in [0.3, 0.4) is 0 Å². The Morgan fingerprint density at radius 2 is 2.09 bits per heavy atom. The quantitative estimate of drug-likeness (QED) is 0.744. The summed E-state index contributed by atoms with van der Waals surface area (Å²) in [6, 6.07) is 3.77. The largest absolute Gasteiger partial charge is 0.469 e. The lowest BCUT2D eigenvalue weighted by Gasteiger charge is -2.32. The van der Waals surface area contributed by atoms with Gasteiger partial charge >= 0.3 is 0 Å². The Hall–Kier alpha value is -1.38. The van der Waals surface area contributed by atoms with Gasteiger partial charge in [0.05, 0.1) is 6.26 Å². The number of hydrogen-bond acceptors (Lipinski definition) is 4. The first kappa shape index (κ1) is 18.0. The van der Waals surface area contributed by atoms with Crippen molar-refractivity contribution < 1.29 is 17.6 Å². The summed E-state index contributed by atoms with van der Waals surface area (Å²) in [5.41, 5.74) is 0. The van der Waals surface area contributed by atoms with E-state index in [-0.39, 0.29) is 11.8 Å². The number of carbonyl (C=O) groups is 1. The van der Waals surface area contributed by atoms with Crippen LogP contribution in [0.2, 0.25) is 0 Å². The van der Waals surface area contributed by atoms with Crippen LogP contribution in [0.15, 0.2) is 22.8 Å². The summed E-state index contributed by atoms with van der Waals surface area (Å²) < 4.78 is 31.9. The second-order valence-electron chi connectivity index (χ2n) is 5.94. The zero-order valence-corrected chi connectivity index (χ0v) is 14.5. The molecule has 8 heteroatoms. The van der Waals surface area contributed by atoms with Gasteiger partial charge in [0.25, 0.3) is 10.2 Å². The normalized spacial score (nSPS) is 17.5. The molecule has 1 aromatic rings. The molecule has 1 N–H and O–H groups in total. The maximum absolute atomic E-state index is 12.1. The average molecular weight is 343 g/mol. The van der Waals surface area contributed by atoms with Crippen molar-refractivity contribution in [2.45, 2.75) is 25.7 Å². The molecule has 7 nitrogen and oxygen atoms in total. The molecular weight excluding hydrogens is 318 g/mol. The average Bonchev–Trinajstić information content (AvgIpc) is 3.04. The smallest absolute Gasteiger partial charge is 0.281 e. The van der Waals surface area contributed by atoms with Gasteiger partial charge in [-0.3, -0.25) is 4.79 Å². The predicted octanol–water partition coefficient (Wildman–Crippen LogP) is 0.847. The van der Waals surface area contributed by atoms with Gasteiger partial charge in [-0.2, -0.15) is 17.0 Å². The molecule has 1 amide bonds. The number of piperidine rings is 1. The van der Waals surface area contributed by atoms with Gasteiger partial charge in [0.15, 0.2) is 0 Å². The molecule has 130 valence electrons. The molecule has 0 spiro atoms. The highest BCUT2D eigenvalue weighted by Crippen LogP contribution is 2.20. The van der Waals surface area contributed by atoms with Gasteiger partial charge in [-0.25, -0.2) is 0 Å². The number of nitrogens with zero attached hydrogens (tertiary/aromatic N) is 2. The number of rotatable bonds is 7. The number of furan rings is 1. The van der Waals surface area contributed by atoms with Crippen molar-refractivity contribution in [2.75, 3.05) is 33.7 Å². The molecule has 0 aromatic carbocycles.